The number of hydrogen-bond donors (Lipinski definition) is 3. The average molecular weight is 1080 g/mol. The molecule has 4 heterocycles. The van der Waals surface area contributed by atoms with Crippen molar-refractivity contribution in [1.82, 2.24) is 25.0 Å². The number of carbonyl (C=O) groups is 4. The first-order chi connectivity index (χ1) is 37.3. The van der Waals surface area contributed by atoms with E-state index in [0.717, 1.165) is 32.7 Å². The maximum Gasteiger partial charge on any atom is 0.435 e. The zero-order chi connectivity index (χ0) is 53.7. The summed E-state index contributed by atoms with van der Waals surface area (Å²) < 4.78 is 6.62. The molecule has 1 fully saturated rings. The molecule has 1 saturated heterocycles. The summed E-state index contributed by atoms with van der Waals surface area (Å²) in [5, 5.41) is 26.5. The summed E-state index contributed by atoms with van der Waals surface area (Å²) in [6.45, 7) is 5.26. The predicted molar refractivity (Wildman–Crippen MR) is 298 cm³/mol. The SMILES string of the molecule is CC(C)(C)OC(=O)n1cc(CSC2=C(C(=O)O)N3C(=O)C(NC(=O)/C(=N/OC(c4ccccc4)(c4ccccc4)c4ccccc4)c4nc(NC(c5ccccc5)(c5ccccc5)c5ccccc5)sc4Cl)C3CC2)cn1. The van der Waals surface area contributed by atoms with Crippen molar-refractivity contribution in [2.75, 3.05) is 5.32 Å². The first-order valence-electron chi connectivity index (χ1n) is 24.8. The third-order valence-corrected chi connectivity index (χ3v) is 15.7. The Hall–Kier alpha value is -8.31. The van der Waals surface area contributed by atoms with E-state index < -0.39 is 52.7 Å². The molecule has 2 unspecified atom stereocenters. The summed E-state index contributed by atoms with van der Waals surface area (Å²) in [7, 11) is 0. The number of fused-ring (bicyclic) bond motifs is 1. The number of allylic oxidation sites excluding steroid dienone is 1. The van der Waals surface area contributed by atoms with Gasteiger partial charge in [-0.05, 0) is 50.3 Å². The van der Waals surface area contributed by atoms with Crippen LogP contribution in [0.3, 0.4) is 0 Å². The van der Waals surface area contributed by atoms with E-state index in [2.05, 4.69) is 15.7 Å². The number of aliphatic carboxylic acids is 1. The molecule has 0 aliphatic carbocycles. The second-order valence-corrected chi connectivity index (χ2v) is 22.0. The number of aromatic nitrogens is 3. The molecular formula is C60H52ClN7O7S2. The number of benzene rings is 6. The number of carboxylic acid groups (broad SMARTS) is 1. The maximum absolute atomic E-state index is 15.3. The lowest BCUT2D eigenvalue weighted by Gasteiger charge is -2.50. The van der Waals surface area contributed by atoms with Crippen LogP contribution in [0.2, 0.25) is 4.34 Å². The van der Waals surface area contributed by atoms with E-state index in [9.17, 15) is 19.5 Å². The number of carboxylic acids is 1. The van der Waals surface area contributed by atoms with Crippen molar-refractivity contribution in [1.29, 1.82) is 0 Å². The molecule has 388 valence electrons. The molecule has 14 nitrogen and oxygen atoms in total. The highest BCUT2D eigenvalue weighted by atomic mass is 35.5. The maximum atomic E-state index is 15.3. The molecule has 8 aromatic rings. The van der Waals surface area contributed by atoms with Crippen LogP contribution in [0.4, 0.5) is 9.93 Å². The van der Waals surface area contributed by atoms with E-state index in [1.165, 1.54) is 29.1 Å². The molecule has 17 heteroatoms. The average Bonchev–Trinajstić information content (AvgIpc) is 4.10. The molecule has 0 bridgehead atoms. The van der Waals surface area contributed by atoms with Gasteiger partial charge in [0, 0.05) is 39.1 Å². The van der Waals surface area contributed by atoms with Crippen LogP contribution in [0.15, 0.2) is 210 Å². The molecule has 2 aromatic heterocycles. The lowest BCUT2D eigenvalue weighted by atomic mass is 9.77. The Morgan fingerprint density at radius 1 is 0.753 bits per heavy atom. The zero-order valence-corrected chi connectivity index (χ0v) is 44.5. The number of anilines is 1. The number of oxime groups is 1. The van der Waals surface area contributed by atoms with Gasteiger partial charge in [-0.25, -0.2) is 14.6 Å². The van der Waals surface area contributed by atoms with Crippen molar-refractivity contribution in [2.24, 2.45) is 5.16 Å². The molecule has 77 heavy (non-hydrogen) atoms. The summed E-state index contributed by atoms with van der Waals surface area (Å²) in [5.41, 5.74) is 1.80. The number of thiazole rings is 1. The van der Waals surface area contributed by atoms with E-state index in [1.54, 1.807) is 20.8 Å². The quantitative estimate of drug-likeness (QED) is 0.0342. The fourth-order valence-electron chi connectivity index (χ4n) is 9.82. The largest absolute Gasteiger partial charge is 0.477 e. The first-order valence-corrected chi connectivity index (χ1v) is 27.0. The minimum Gasteiger partial charge on any atom is -0.477 e. The van der Waals surface area contributed by atoms with Crippen LogP contribution < -0.4 is 10.6 Å². The third-order valence-electron chi connectivity index (χ3n) is 13.3. The van der Waals surface area contributed by atoms with Crippen LogP contribution in [0, 0.1) is 0 Å². The third kappa shape index (κ3) is 10.5. The van der Waals surface area contributed by atoms with Crippen LogP contribution in [-0.2, 0) is 40.9 Å². The number of halogens is 1. The van der Waals surface area contributed by atoms with Crippen LogP contribution in [0.5, 0.6) is 0 Å². The summed E-state index contributed by atoms with van der Waals surface area (Å²) in [6, 6.07) is 56.7. The van der Waals surface area contributed by atoms with Gasteiger partial charge in [0.05, 0.1) is 12.2 Å². The van der Waals surface area contributed by atoms with E-state index in [0.29, 0.717) is 45.1 Å². The number of β-lactam (4-membered cyclic amide) rings is 1. The van der Waals surface area contributed by atoms with Crippen molar-refractivity contribution < 1.29 is 33.9 Å². The smallest absolute Gasteiger partial charge is 0.435 e. The molecule has 6 aromatic carbocycles. The molecule has 0 spiro atoms. The van der Waals surface area contributed by atoms with Gasteiger partial charge in [0.1, 0.15) is 32.9 Å². The lowest BCUT2D eigenvalue weighted by molar-refractivity contribution is -0.155. The Labute approximate surface area is 458 Å². The van der Waals surface area contributed by atoms with E-state index >= 15 is 4.79 Å². The highest BCUT2D eigenvalue weighted by Crippen LogP contribution is 2.45. The predicted octanol–water partition coefficient (Wildman–Crippen LogP) is 11.6. The van der Waals surface area contributed by atoms with Gasteiger partial charge in [-0.3, -0.25) is 14.5 Å². The normalized spacial score (nSPS) is 15.8. The standard InChI is InChI=1S/C60H52ClN7O7S2/c1-58(2,3)74-57(73)67-37-39(36-62-67)38-76-47-35-34-46-48(54(70)68(46)51(47)55(71)72)63-53(69)50(66-75-60(43-28-16-7-17-29-43,44-30-18-8-19-31-44)45-32-20-9-21-33-45)49-52(61)77-56(64-49)65-59(40-22-10-4-11-23-40,41-24-12-5-13-25-41)42-26-14-6-15-27-42/h4-33,36-37,46,48H,34-35,38H2,1-3H3,(H,63,69)(H,64,65)(H,71,72)/b66-50+. The van der Waals surface area contributed by atoms with Gasteiger partial charge in [-0.15, -0.1) is 11.8 Å². The number of carbonyl (C=O) groups excluding carboxylic acids is 3. The molecule has 3 N–H and O–H groups in total. The van der Waals surface area contributed by atoms with Crippen molar-refractivity contribution in [3.63, 3.8) is 0 Å². The Balaban J connectivity index is 1.03. The second-order valence-electron chi connectivity index (χ2n) is 19.3. The van der Waals surface area contributed by atoms with Crippen LogP contribution in [0.25, 0.3) is 0 Å². The molecule has 2 atom stereocenters. The van der Waals surface area contributed by atoms with Crippen molar-refractivity contribution in [2.45, 2.75) is 68.2 Å². The van der Waals surface area contributed by atoms with Gasteiger partial charge in [0.25, 0.3) is 11.8 Å². The number of thioether (sulfide) groups is 1. The summed E-state index contributed by atoms with van der Waals surface area (Å²) in [6.07, 6.45) is 3.02. The minimum absolute atomic E-state index is 0.0186. The van der Waals surface area contributed by atoms with Crippen LogP contribution in [0.1, 0.15) is 78.3 Å². The van der Waals surface area contributed by atoms with Crippen LogP contribution in [-0.4, -0.2) is 72.0 Å². The molecule has 2 aliphatic heterocycles. The van der Waals surface area contributed by atoms with E-state index in [-0.39, 0.29) is 27.2 Å². The number of nitrogens with one attached hydrogen (secondary N) is 2. The van der Waals surface area contributed by atoms with Crippen molar-refractivity contribution in [3.05, 3.63) is 254 Å². The Bertz CT molecular complexity index is 3290. The number of ether oxygens (including phenoxy) is 1. The van der Waals surface area contributed by atoms with Gasteiger partial charge >= 0.3 is 12.1 Å². The lowest BCUT2D eigenvalue weighted by Crippen LogP contribution is -2.72. The Morgan fingerprint density at radius 2 is 1.23 bits per heavy atom. The Kier molecular flexibility index (Phi) is 15.0. The molecule has 0 radical (unpaired) electrons. The van der Waals surface area contributed by atoms with E-state index in [1.807, 2.05) is 182 Å². The van der Waals surface area contributed by atoms with E-state index in [4.69, 9.17) is 31.3 Å². The summed E-state index contributed by atoms with van der Waals surface area (Å²) in [4.78, 5) is 69.0. The molecule has 10 rings (SSSR count). The number of nitrogens with zero attached hydrogens (tertiary/aromatic N) is 5. The number of amides is 2. The number of rotatable bonds is 17. The van der Waals surface area contributed by atoms with Crippen molar-refractivity contribution in [3.8, 4) is 0 Å². The fourth-order valence-corrected chi connectivity index (χ4v) is 12.0. The summed E-state index contributed by atoms with van der Waals surface area (Å²) >= 11 is 9.64. The molecule has 2 aliphatic rings. The van der Waals surface area contributed by atoms with Gasteiger partial charge in [0.15, 0.2) is 10.8 Å². The van der Waals surface area contributed by atoms with Gasteiger partial charge in [0.2, 0.25) is 5.60 Å². The second kappa shape index (κ2) is 22.1. The molecule has 0 saturated carbocycles. The van der Waals surface area contributed by atoms with Gasteiger partial charge in [-0.2, -0.15) is 9.78 Å². The van der Waals surface area contributed by atoms with Gasteiger partial charge < -0.3 is 25.3 Å². The monoisotopic (exact) mass is 1080 g/mol. The highest BCUT2D eigenvalue weighted by molar-refractivity contribution is 8.02. The first kappa shape index (κ1) is 52.1. The summed E-state index contributed by atoms with van der Waals surface area (Å²) in [5.74, 6) is -2.46. The Morgan fingerprint density at radius 3 is 1.70 bits per heavy atom. The zero-order valence-electron chi connectivity index (χ0n) is 42.1. The fraction of sp³-hybridized carbons (Fsp3) is 0.183. The molecule has 2 amide bonds. The number of hydrogen-bond acceptors (Lipinski definition) is 12. The van der Waals surface area contributed by atoms with Crippen LogP contribution >= 0.6 is 34.7 Å². The topological polar surface area (TPSA) is 177 Å². The molecular weight excluding hydrogens is 1030 g/mol. The van der Waals surface area contributed by atoms with Crippen molar-refractivity contribution >= 4 is 69.4 Å². The van der Waals surface area contributed by atoms with Gasteiger partial charge in [-0.1, -0.05) is 210 Å². The minimum atomic E-state index is -1.43. The highest BCUT2D eigenvalue weighted by Gasteiger charge is 2.54.